The number of rotatable bonds is 3. The molecule has 0 aliphatic carbocycles. The van der Waals surface area contributed by atoms with Crippen LogP contribution in [-0.2, 0) is 6.54 Å². The number of fused-ring (bicyclic) bond motifs is 1. The van der Waals surface area contributed by atoms with E-state index in [1.165, 1.54) is 0 Å². The highest BCUT2D eigenvalue weighted by atomic mass is 35.5. The molecule has 0 aromatic heterocycles. The minimum atomic E-state index is 0.0897. The van der Waals surface area contributed by atoms with Gasteiger partial charge in [0.1, 0.15) is 0 Å². The predicted octanol–water partition coefficient (Wildman–Crippen LogP) is 1.80. The van der Waals surface area contributed by atoms with Crippen LogP contribution in [0.25, 0.3) is 0 Å². The Morgan fingerprint density at radius 3 is 2.81 bits per heavy atom. The minimum Gasteiger partial charge on any atom is -0.395 e. The van der Waals surface area contributed by atoms with Crippen LogP contribution in [-0.4, -0.2) is 29.7 Å². The van der Waals surface area contributed by atoms with Gasteiger partial charge in [0.05, 0.1) is 6.61 Å². The number of hydrogen-bond donors (Lipinski definition) is 2. The molecule has 1 aliphatic heterocycles. The Morgan fingerprint density at radius 1 is 1.44 bits per heavy atom. The first kappa shape index (κ1) is 12.1. The summed E-state index contributed by atoms with van der Waals surface area (Å²) in [5.41, 5.74) is 7.93. The molecule has 16 heavy (non-hydrogen) atoms. The van der Waals surface area contributed by atoms with Crippen molar-refractivity contribution in [1.82, 2.24) is 4.90 Å². The van der Waals surface area contributed by atoms with E-state index in [2.05, 4.69) is 4.90 Å². The maximum absolute atomic E-state index is 9.00. The molecule has 0 radical (unpaired) electrons. The molecular formula is C11H14Cl2N2O. The Hall–Kier alpha value is -0.320. The molecule has 1 atom stereocenters. The summed E-state index contributed by atoms with van der Waals surface area (Å²) in [5, 5.41) is 10.3. The fourth-order valence-corrected chi connectivity index (χ4v) is 2.95. The fraction of sp³-hybridized carbons (Fsp3) is 0.455. The molecule has 0 amide bonds. The van der Waals surface area contributed by atoms with Gasteiger partial charge in [-0.25, -0.2) is 0 Å². The number of nitrogens with zero attached hydrogens (tertiary/aromatic N) is 1. The minimum absolute atomic E-state index is 0.0897. The lowest BCUT2D eigenvalue weighted by Crippen LogP contribution is -2.30. The maximum atomic E-state index is 9.00. The van der Waals surface area contributed by atoms with Gasteiger partial charge in [-0.2, -0.15) is 0 Å². The van der Waals surface area contributed by atoms with Crippen LogP contribution in [0, 0.1) is 0 Å². The Kier molecular flexibility index (Phi) is 3.72. The number of benzene rings is 1. The van der Waals surface area contributed by atoms with E-state index in [1.54, 1.807) is 6.07 Å². The summed E-state index contributed by atoms with van der Waals surface area (Å²) in [6, 6.07) is 3.75. The van der Waals surface area contributed by atoms with Crippen LogP contribution in [0.1, 0.15) is 17.2 Å². The second-order valence-corrected chi connectivity index (χ2v) is 4.75. The van der Waals surface area contributed by atoms with Crippen LogP contribution in [0.15, 0.2) is 12.1 Å². The van der Waals surface area contributed by atoms with Crippen molar-refractivity contribution < 1.29 is 5.11 Å². The second kappa shape index (κ2) is 4.90. The van der Waals surface area contributed by atoms with Gasteiger partial charge in [0, 0.05) is 35.7 Å². The molecule has 88 valence electrons. The number of aliphatic hydroxyl groups is 1. The zero-order chi connectivity index (χ0) is 11.7. The van der Waals surface area contributed by atoms with Crippen molar-refractivity contribution in [2.45, 2.75) is 12.6 Å². The fourth-order valence-electron chi connectivity index (χ4n) is 2.28. The monoisotopic (exact) mass is 260 g/mol. The van der Waals surface area contributed by atoms with E-state index >= 15 is 0 Å². The molecule has 1 unspecified atom stereocenters. The molecule has 2 rings (SSSR count). The van der Waals surface area contributed by atoms with Crippen LogP contribution in [0.5, 0.6) is 0 Å². The van der Waals surface area contributed by atoms with Crippen molar-refractivity contribution in [2.75, 3.05) is 19.7 Å². The Balaban J connectivity index is 2.38. The first-order valence-electron chi connectivity index (χ1n) is 5.20. The number of hydrogen-bond acceptors (Lipinski definition) is 3. The number of aliphatic hydroxyl groups excluding tert-OH is 1. The molecule has 1 aromatic rings. The number of halogens is 2. The van der Waals surface area contributed by atoms with E-state index in [0.717, 1.165) is 17.7 Å². The second-order valence-electron chi connectivity index (χ2n) is 3.91. The van der Waals surface area contributed by atoms with E-state index in [0.29, 0.717) is 23.1 Å². The third kappa shape index (κ3) is 2.06. The van der Waals surface area contributed by atoms with Crippen LogP contribution < -0.4 is 5.73 Å². The topological polar surface area (TPSA) is 49.5 Å². The molecule has 1 aromatic carbocycles. The van der Waals surface area contributed by atoms with E-state index in [9.17, 15) is 0 Å². The van der Waals surface area contributed by atoms with Gasteiger partial charge < -0.3 is 10.8 Å². The summed E-state index contributed by atoms with van der Waals surface area (Å²) in [5.74, 6) is 0. The summed E-state index contributed by atoms with van der Waals surface area (Å²) < 4.78 is 0. The van der Waals surface area contributed by atoms with Crippen molar-refractivity contribution in [2.24, 2.45) is 5.73 Å². The summed E-state index contributed by atoms with van der Waals surface area (Å²) in [6.45, 7) is 1.97. The predicted molar refractivity (Wildman–Crippen MR) is 65.8 cm³/mol. The van der Waals surface area contributed by atoms with E-state index in [-0.39, 0.29) is 12.6 Å². The largest absolute Gasteiger partial charge is 0.395 e. The highest BCUT2D eigenvalue weighted by Gasteiger charge is 2.30. The van der Waals surface area contributed by atoms with Gasteiger partial charge in [0.15, 0.2) is 0 Å². The highest BCUT2D eigenvalue weighted by Crippen LogP contribution is 2.39. The first-order chi connectivity index (χ1) is 7.67. The van der Waals surface area contributed by atoms with Crippen molar-refractivity contribution in [3.05, 3.63) is 33.3 Å². The summed E-state index contributed by atoms with van der Waals surface area (Å²) in [6.07, 6.45) is 0. The van der Waals surface area contributed by atoms with Crippen LogP contribution in [0.3, 0.4) is 0 Å². The molecule has 0 saturated heterocycles. The third-order valence-corrected chi connectivity index (χ3v) is 3.47. The van der Waals surface area contributed by atoms with Gasteiger partial charge in [-0.15, -0.1) is 0 Å². The molecule has 0 saturated carbocycles. The average Bonchev–Trinajstić information content (AvgIpc) is 2.56. The zero-order valence-electron chi connectivity index (χ0n) is 8.79. The van der Waals surface area contributed by atoms with Crippen molar-refractivity contribution in [1.29, 1.82) is 0 Å². The molecule has 0 bridgehead atoms. The van der Waals surface area contributed by atoms with Crippen molar-refractivity contribution >= 4 is 23.2 Å². The molecule has 0 fully saturated rings. The normalized spacial score (nSPS) is 20.1. The Labute approximate surface area is 105 Å². The Morgan fingerprint density at radius 2 is 2.19 bits per heavy atom. The molecule has 5 heteroatoms. The molecule has 3 nitrogen and oxygen atoms in total. The molecule has 3 N–H and O–H groups in total. The van der Waals surface area contributed by atoms with Gasteiger partial charge in [-0.3, -0.25) is 4.90 Å². The van der Waals surface area contributed by atoms with Gasteiger partial charge in [0.25, 0.3) is 0 Å². The lowest BCUT2D eigenvalue weighted by atomic mass is 10.0. The SMILES string of the molecule is NCC1c2c(Cl)cc(Cl)cc2CN1CCO. The van der Waals surface area contributed by atoms with E-state index < -0.39 is 0 Å². The summed E-state index contributed by atoms with van der Waals surface area (Å²) >= 11 is 12.1. The zero-order valence-corrected chi connectivity index (χ0v) is 10.3. The number of nitrogens with two attached hydrogens (primary N) is 1. The van der Waals surface area contributed by atoms with E-state index in [1.807, 2.05) is 6.07 Å². The third-order valence-electron chi connectivity index (χ3n) is 2.94. The standard InChI is InChI=1S/C11H14Cl2N2O/c12-8-3-7-6-15(1-2-16)10(5-14)11(7)9(13)4-8/h3-4,10,16H,1-2,5-6,14H2. The number of β-amino-alcohol motifs (C(OH)–C–C–N with tert-alkyl or cyclic N) is 1. The van der Waals surface area contributed by atoms with Crippen LogP contribution in [0.4, 0.5) is 0 Å². The van der Waals surface area contributed by atoms with Gasteiger partial charge in [0.2, 0.25) is 0 Å². The highest BCUT2D eigenvalue weighted by molar-refractivity contribution is 6.35. The summed E-state index contributed by atoms with van der Waals surface area (Å²) in [7, 11) is 0. The molecule has 1 heterocycles. The average molecular weight is 261 g/mol. The molecule has 0 spiro atoms. The quantitative estimate of drug-likeness (QED) is 0.872. The van der Waals surface area contributed by atoms with Gasteiger partial charge in [-0.1, -0.05) is 23.2 Å². The lowest BCUT2D eigenvalue weighted by molar-refractivity contribution is 0.164. The smallest absolute Gasteiger partial charge is 0.0558 e. The van der Waals surface area contributed by atoms with Crippen molar-refractivity contribution in [3.8, 4) is 0 Å². The lowest BCUT2D eigenvalue weighted by Gasteiger charge is -2.22. The Bertz CT molecular complexity index is 398. The van der Waals surface area contributed by atoms with Gasteiger partial charge in [-0.05, 0) is 23.3 Å². The molecule has 1 aliphatic rings. The van der Waals surface area contributed by atoms with Crippen LogP contribution >= 0.6 is 23.2 Å². The maximum Gasteiger partial charge on any atom is 0.0558 e. The van der Waals surface area contributed by atoms with Crippen LogP contribution in [0.2, 0.25) is 10.0 Å². The van der Waals surface area contributed by atoms with Crippen molar-refractivity contribution in [3.63, 3.8) is 0 Å². The van der Waals surface area contributed by atoms with Gasteiger partial charge >= 0.3 is 0 Å². The summed E-state index contributed by atoms with van der Waals surface area (Å²) in [4.78, 5) is 2.12. The first-order valence-corrected chi connectivity index (χ1v) is 5.95. The van der Waals surface area contributed by atoms with E-state index in [4.69, 9.17) is 34.0 Å². The molecular weight excluding hydrogens is 247 g/mol.